The molecular weight excluding hydrogens is 817 g/mol. The Morgan fingerprint density at radius 1 is 1.07 bits per heavy atom. The van der Waals surface area contributed by atoms with Gasteiger partial charge in [-0.3, -0.25) is 19.1 Å². The minimum atomic E-state index is -4.22. The summed E-state index contributed by atoms with van der Waals surface area (Å²) in [6.45, 7) is 6.37. The van der Waals surface area contributed by atoms with Crippen molar-refractivity contribution in [2.24, 2.45) is 23.2 Å². The molecule has 5 aliphatic rings. The number of alkyl halides is 4. The summed E-state index contributed by atoms with van der Waals surface area (Å²) in [4.78, 5) is 66.4. The van der Waals surface area contributed by atoms with Crippen LogP contribution >= 0.6 is 0 Å². The third kappa shape index (κ3) is 8.80. The number of benzene rings is 1. The van der Waals surface area contributed by atoms with Gasteiger partial charge < -0.3 is 29.7 Å². The predicted octanol–water partition coefficient (Wildman–Crippen LogP) is 4.96. The largest absolute Gasteiger partial charge is 0.497 e. The first-order chi connectivity index (χ1) is 28.2. The van der Waals surface area contributed by atoms with Crippen molar-refractivity contribution in [2.75, 3.05) is 13.7 Å². The molecule has 3 aliphatic carbocycles. The van der Waals surface area contributed by atoms with Crippen molar-refractivity contribution in [3.05, 3.63) is 23.9 Å². The summed E-state index contributed by atoms with van der Waals surface area (Å²) >= 11 is 0. The number of aromatic nitrogens is 2. The third-order valence-electron chi connectivity index (χ3n) is 12.3. The predicted molar refractivity (Wildman–Crippen MR) is 207 cm³/mol. The van der Waals surface area contributed by atoms with Gasteiger partial charge in [0.2, 0.25) is 34.1 Å². The molecular formula is C40H52F4N6O9S. The minimum absolute atomic E-state index is 0.0631. The second-order valence-corrected chi connectivity index (χ2v) is 19.9. The number of sulfonamides is 1. The van der Waals surface area contributed by atoms with Gasteiger partial charge in [-0.2, -0.15) is 8.78 Å². The molecule has 1 aromatic carbocycles. The van der Waals surface area contributed by atoms with Crippen molar-refractivity contribution < 1.29 is 59.4 Å². The van der Waals surface area contributed by atoms with Gasteiger partial charge >= 0.3 is 6.09 Å². The van der Waals surface area contributed by atoms with Gasteiger partial charge in [0.15, 0.2) is 5.69 Å². The molecule has 60 heavy (non-hydrogen) atoms. The van der Waals surface area contributed by atoms with Crippen LogP contribution in [0, 0.1) is 23.2 Å². The van der Waals surface area contributed by atoms with E-state index in [9.17, 15) is 36.4 Å². The van der Waals surface area contributed by atoms with E-state index in [-0.39, 0.29) is 42.6 Å². The van der Waals surface area contributed by atoms with Crippen molar-refractivity contribution in [2.45, 2.75) is 139 Å². The van der Waals surface area contributed by atoms with Gasteiger partial charge in [0.1, 0.15) is 35.6 Å². The highest BCUT2D eigenvalue weighted by molar-refractivity contribution is 7.91. The highest BCUT2D eigenvalue weighted by atomic mass is 32.2. The summed E-state index contributed by atoms with van der Waals surface area (Å²) in [5.74, 6) is -9.77. The monoisotopic (exact) mass is 868 g/mol. The maximum atomic E-state index is 16.4. The number of hydrogen-bond donors (Lipinski definition) is 3. The number of nitrogens with one attached hydrogen (secondary N) is 3. The van der Waals surface area contributed by atoms with Crippen molar-refractivity contribution in [3.63, 3.8) is 0 Å². The van der Waals surface area contributed by atoms with Gasteiger partial charge in [-0.25, -0.2) is 32.0 Å². The zero-order chi connectivity index (χ0) is 43.5. The number of fused-ring (bicyclic) bond motifs is 5. The summed E-state index contributed by atoms with van der Waals surface area (Å²) in [6, 6.07) is 1.62. The zero-order valence-electron chi connectivity index (χ0n) is 34.1. The van der Waals surface area contributed by atoms with Crippen LogP contribution in [0.3, 0.4) is 0 Å². The molecule has 0 unspecified atom stereocenters. The van der Waals surface area contributed by atoms with Crippen LogP contribution in [0.15, 0.2) is 18.2 Å². The molecule has 7 rings (SSSR count). The first-order valence-electron chi connectivity index (χ1n) is 20.5. The molecule has 15 nitrogen and oxygen atoms in total. The molecule has 2 bridgehead atoms. The van der Waals surface area contributed by atoms with Crippen LogP contribution in [0.2, 0.25) is 0 Å². The lowest BCUT2D eigenvalue weighted by atomic mass is 9.85. The Morgan fingerprint density at radius 2 is 1.80 bits per heavy atom. The Labute approximate surface area is 345 Å². The number of carbonyl (C=O) groups is 4. The smallest absolute Gasteiger partial charge is 0.408 e. The molecule has 4 amide bonds. The summed E-state index contributed by atoms with van der Waals surface area (Å²) in [6.07, 6.45) is -4.36. The molecule has 8 atom stereocenters. The number of rotatable bonds is 9. The number of ether oxygens (including phenoxy) is 3. The molecule has 1 saturated heterocycles. The molecule has 2 aliphatic heterocycles. The highest BCUT2D eigenvalue weighted by Crippen LogP contribution is 2.49. The number of hydrogen-bond acceptors (Lipinski definition) is 11. The van der Waals surface area contributed by atoms with Crippen LogP contribution in [0.25, 0.3) is 11.0 Å². The molecule has 4 fully saturated rings. The maximum Gasteiger partial charge on any atom is 0.408 e. The summed E-state index contributed by atoms with van der Waals surface area (Å²) in [7, 11) is -2.80. The summed E-state index contributed by atoms with van der Waals surface area (Å²) in [5.41, 5.74) is -3.80. The Morgan fingerprint density at radius 3 is 2.43 bits per heavy atom. The van der Waals surface area contributed by atoms with Gasteiger partial charge in [-0.1, -0.05) is 40.5 Å². The van der Waals surface area contributed by atoms with E-state index in [0.717, 1.165) is 4.90 Å². The van der Waals surface area contributed by atoms with E-state index in [4.69, 9.17) is 14.2 Å². The second-order valence-electron chi connectivity index (χ2n) is 17.9. The fraction of sp³-hybridized carbons (Fsp3) is 0.700. The van der Waals surface area contributed by atoms with E-state index >= 15 is 8.78 Å². The fourth-order valence-electron chi connectivity index (χ4n) is 8.52. The third-order valence-corrected chi connectivity index (χ3v) is 14.1. The van der Waals surface area contributed by atoms with Crippen LogP contribution in [-0.2, 0) is 35.1 Å². The first kappa shape index (κ1) is 43.6. The lowest BCUT2D eigenvalue weighted by Crippen LogP contribution is -2.61. The molecule has 0 spiro atoms. The van der Waals surface area contributed by atoms with E-state index in [1.165, 1.54) is 19.2 Å². The van der Waals surface area contributed by atoms with Gasteiger partial charge in [-0.15, -0.1) is 0 Å². The number of nitrogens with zero attached hydrogens (tertiary/aromatic N) is 3. The molecule has 3 saturated carbocycles. The average molecular weight is 869 g/mol. The van der Waals surface area contributed by atoms with E-state index in [2.05, 4.69) is 20.6 Å². The van der Waals surface area contributed by atoms with E-state index in [1.807, 2.05) is 4.72 Å². The molecule has 3 heterocycles. The molecule has 0 radical (unpaired) electrons. The SMILES string of the molecule is CCC[C@@H]1[C@@H]2CN(C(=O)[C@H](C(C)(C)C)NC(=O)O[C@@H]3C[C@H]3CCCCC(F)(F)c3nc4ccc(OC)cc4nc3O2)[C@@H]1C(=O)N[C@]1(C(=O)NS(=O)(=O)C2CC2)C[C@H]1C(F)F. The van der Waals surface area contributed by atoms with Crippen LogP contribution in [0.1, 0.15) is 97.6 Å². The Balaban J connectivity index is 1.32. The minimum Gasteiger partial charge on any atom is -0.497 e. The van der Waals surface area contributed by atoms with Crippen molar-refractivity contribution >= 4 is 44.9 Å². The highest BCUT2D eigenvalue weighted by Gasteiger charge is 2.67. The lowest BCUT2D eigenvalue weighted by molar-refractivity contribution is -0.144. The average Bonchev–Trinajstić information content (AvgIpc) is 4.08. The summed E-state index contributed by atoms with van der Waals surface area (Å²) < 4.78 is 106. The topological polar surface area (TPSA) is 195 Å². The number of methoxy groups -OCH3 is 1. The maximum absolute atomic E-state index is 16.4. The summed E-state index contributed by atoms with van der Waals surface area (Å²) in [5, 5.41) is 4.21. The molecule has 2 aromatic rings. The molecule has 20 heteroatoms. The lowest BCUT2D eigenvalue weighted by Gasteiger charge is -2.36. The number of alkyl carbamates (subject to hydrolysis) is 1. The first-order valence-corrected chi connectivity index (χ1v) is 22.1. The Bertz CT molecular complexity index is 2140. The van der Waals surface area contributed by atoms with Crippen LogP contribution in [0.4, 0.5) is 22.4 Å². The number of halogens is 4. The van der Waals surface area contributed by atoms with Gasteiger partial charge in [-0.05, 0) is 68.4 Å². The van der Waals surface area contributed by atoms with E-state index in [1.54, 1.807) is 33.8 Å². The zero-order valence-corrected chi connectivity index (χ0v) is 35.0. The molecule has 3 N–H and O–H groups in total. The molecule has 330 valence electrons. The van der Waals surface area contributed by atoms with Gasteiger partial charge in [0.25, 0.3) is 11.8 Å². The van der Waals surface area contributed by atoms with E-state index < -0.39 is 129 Å². The quantitative estimate of drug-likeness (QED) is 0.289. The number of amides is 4. The van der Waals surface area contributed by atoms with Crippen LogP contribution < -0.4 is 24.8 Å². The van der Waals surface area contributed by atoms with Crippen LogP contribution in [0.5, 0.6) is 11.6 Å². The van der Waals surface area contributed by atoms with Gasteiger partial charge in [0.05, 0.1) is 35.9 Å². The van der Waals surface area contributed by atoms with E-state index in [0.29, 0.717) is 31.4 Å². The standard InChI is InChI=1S/C40H52F4N6O9S/c1-6-9-23-28-19-50(29(23)33(51)48-39(18-24(39)32(41)42)36(53)49-60(55,56)22-12-13-22)35(52)31(38(2,3)4)47-37(54)59-27-16-20(27)10-7-8-15-40(43,44)30-34(58-28)46-26-17-21(57-5)11-14-25(26)45-30/h11,14,17,20,22-24,27-29,31-32H,6-10,12-13,15-16,18-19H2,1-5H3,(H,47,54)(H,48,51)(H,49,53)/t20-,23-,24+,27-,28+,29+,31-,39-/m1/s1. The Hall–Kier alpha value is -4.49. The normalized spacial score (nSPS) is 30.8. The van der Waals surface area contributed by atoms with Crippen molar-refractivity contribution in [1.29, 1.82) is 0 Å². The van der Waals surface area contributed by atoms with Crippen molar-refractivity contribution in [3.8, 4) is 11.6 Å². The van der Waals surface area contributed by atoms with Gasteiger partial charge in [0, 0.05) is 18.4 Å². The van der Waals surface area contributed by atoms with Crippen LogP contribution in [-0.4, -0.2) is 102 Å². The Kier molecular flexibility index (Phi) is 11.7. The fourth-order valence-corrected chi connectivity index (χ4v) is 9.89. The number of carbonyl (C=O) groups excluding carboxylic acids is 4. The van der Waals surface area contributed by atoms with Crippen molar-refractivity contribution in [1.82, 2.24) is 30.2 Å². The molecule has 1 aromatic heterocycles. The second kappa shape index (κ2) is 16.1.